The summed E-state index contributed by atoms with van der Waals surface area (Å²) in [5, 5.41) is 16.5. The summed E-state index contributed by atoms with van der Waals surface area (Å²) >= 11 is 0. The Morgan fingerprint density at radius 1 is 1.16 bits per heavy atom. The second-order valence-electron chi connectivity index (χ2n) is 8.56. The van der Waals surface area contributed by atoms with Crippen molar-refractivity contribution in [3.8, 4) is 11.8 Å². The number of rotatable bonds is 5. The van der Waals surface area contributed by atoms with E-state index in [4.69, 9.17) is 4.74 Å². The molecule has 1 aromatic carbocycles. The van der Waals surface area contributed by atoms with Gasteiger partial charge in [-0.25, -0.2) is 9.67 Å². The lowest BCUT2D eigenvalue weighted by molar-refractivity contribution is -0.147. The van der Waals surface area contributed by atoms with Gasteiger partial charge in [-0.2, -0.15) is 23.5 Å². The van der Waals surface area contributed by atoms with Crippen molar-refractivity contribution in [2.75, 3.05) is 23.3 Å². The van der Waals surface area contributed by atoms with Crippen LogP contribution in [-0.2, 0) is 15.7 Å². The summed E-state index contributed by atoms with van der Waals surface area (Å²) < 4.78 is 45.1. The van der Waals surface area contributed by atoms with E-state index in [2.05, 4.69) is 21.5 Å². The molecular weight excluding hydrogens is 489 g/mol. The molecule has 0 spiro atoms. The molecule has 0 bridgehead atoms. The number of ether oxygens (including phenoxy) is 1. The molecule has 192 valence electrons. The van der Waals surface area contributed by atoms with Crippen LogP contribution in [0.15, 0.2) is 42.7 Å². The Morgan fingerprint density at radius 3 is 2.43 bits per heavy atom. The summed E-state index contributed by atoms with van der Waals surface area (Å²) in [6.45, 7) is 4.12. The third kappa shape index (κ3) is 5.72. The minimum atomic E-state index is -4.45. The maximum Gasteiger partial charge on any atom is 0.416 e. The van der Waals surface area contributed by atoms with Crippen molar-refractivity contribution in [1.82, 2.24) is 14.8 Å². The van der Waals surface area contributed by atoms with Crippen LogP contribution in [0, 0.1) is 18.3 Å². The van der Waals surface area contributed by atoms with Crippen LogP contribution in [-0.4, -0.2) is 45.8 Å². The number of piperidine rings is 1. The fourth-order valence-electron chi connectivity index (χ4n) is 4.16. The number of esters is 1. The Kier molecular flexibility index (Phi) is 7.15. The van der Waals surface area contributed by atoms with Crippen LogP contribution in [0.25, 0.3) is 5.69 Å². The number of hydrogen-bond acceptors (Lipinski definition) is 7. The number of halogens is 3. The number of alkyl halides is 3. The first kappa shape index (κ1) is 25.7. The third-order valence-electron chi connectivity index (χ3n) is 6.01. The molecule has 0 aliphatic carbocycles. The average molecular weight is 512 g/mol. The minimum Gasteiger partial charge on any atom is -0.462 e. The molecule has 9 nitrogen and oxygen atoms in total. The van der Waals surface area contributed by atoms with Gasteiger partial charge in [0.1, 0.15) is 18.0 Å². The molecule has 37 heavy (non-hydrogen) atoms. The van der Waals surface area contributed by atoms with Crippen LogP contribution in [0.1, 0.15) is 46.9 Å². The van der Waals surface area contributed by atoms with Crippen LogP contribution in [0.3, 0.4) is 0 Å². The quantitative estimate of drug-likeness (QED) is 0.509. The van der Waals surface area contributed by atoms with E-state index < -0.39 is 17.6 Å². The number of hydrogen-bond donors (Lipinski definition) is 1. The summed E-state index contributed by atoms with van der Waals surface area (Å²) in [5.74, 6) is -0.348. The average Bonchev–Trinajstić information content (AvgIpc) is 3.25. The highest BCUT2D eigenvalue weighted by Crippen LogP contribution is 2.30. The zero-order chi connectivity index (χ0) is 26.7. The molecule has 1 amide bonds. The van der Waals surface area contributed by atoms with E-state index in [-0.39, 0.29) is 23.2 Å². The Morgan fingerprint density at radius 2 is 1.84 bits per heavy atom. The van der Waals surface area contributed by atoms with Crippen molar-refractivity contribution in [2.45, 2.75) is 39.0 Å². The molecule has 0 unspecified atom stereocenters. The zero-order valence-electron chi connectivity index (χ0n) is 20.0. The molecule has 3 heterocycles. The van der Waals surface area contributed by atoms with Gasteiger partial charge >= 0.3 is 12.1 Å². The lowest BCUT2D eigenvalue weighted by atomic mass is 10.1. The summed E-state index contributed by atoms with van der Waals surface area (Å²) in [6, 6.07) is 8.08. The van der Waals surface area contributed by atoms with E-state index in [0.717, 1.165) is 12.1 Å². The summed E-state index contributed by atoms with van der Waals surface area (Å²) in [4.78, 5) is 30.4. The normalized spacial score (nSPS) is 14.2. The molecule has 1 saturated heterocycles. The number of pyridine rings is 1. The number of amides is 1. The van der Waals surface area contributed by atoms with Crippen molar-refractivity contribution >= 4 is 23.4 Å². The number of aromatic nitrogens is 3. The highest BCUT2D eigenvalue weighted by molar-refractivity contribution is 6.05. The molecule has 0 saturated carbocycles. The minimum absolute atomic E-state index is 0.162. The largest absolute Gasteiger partial charge is 0.462 e. The Labute approximate surface area is 210 Å². The van der Waals surface area contributed by atoms with Crippen molar-refractivity contribution in [1.29, 1.82) is 5.26 Å². The predicted octanol–water partition coefficient (Wildman–Crippen LogP) is 4.25. The fraction of sp³-hybridized carbons (Fsp3) is 0.320. The van der Waals surface area contributed by atoms with Gasteiger partial charge in [0.2, 0.25) is 0 Å². The maximum absolute atomic E-state index is 12.9. The molecule has 0 atom stereocenters. The van der Waals surface area contributed by atoms with E-state index in [1.54, 1.807) is 6.92 Å². The third-order valence-corrected chi connectivity index (χ3v) is 6.01. The molecule has 4 rings (SSSR count). The molecule has 3 aromatic rings. The first-order chi connectivity index (χ1) is 17.6. The summed E-state index contributed by atoms with van der Waals surface area (Å²) in [5.41, 5.74) is 0.826. The van der Waals surface area contributed by atoms with Gasteiger partial charge in [-0.15, -0.1) is 0 Å². The van der Waals surface area contributed by atoms with Gasteiger partial charge in [0.15, 0.2) is 0 Å². The van der Waals surface area contributed by atoms with Gasteiger partial charge in [-0.1, -0.05) is 0 Å². The van der Waals surface area contributed by atoms with Gasteiger partial charge < -0.3 is 15.0 Å². The standard InChI is InChI=1S/C25H23F3N6O3/c1-15-22(14-31-34(15)20-5-3-18(4-6-20)25(26,27)28)24(36)32-19-11-17(12-29)23(30-13-19)33-9-7-21(8-10-33)37-16(2)35/h3-6,11,13-14,21H,7-10H2,1-2H3,(H,32,36). The zero-order valence-corrected chi connectivity index (χ0v) is 20.0. The first-order valence-electron chi connectivity index (χ1n) is 11.4. The van der Waals surface area contributed by atoms with Gasteiger partial charge in [0.25, 0.3) is 5.91 Å². The first-order valence-corrected chi connectivity index (χ1v) is 11.4. The smallest absolute Gasteiger partial charge is 0.416 e. The van der Waals surface area contributed by atoms with Crippen LogP contribution in [0.5, 0.6) is 0 Å². The van der Waals surface area contributed by atoms with Crippen molar-refractivity contribution < 1.29 is 27.5 Å². The van der Waals surface area contributed by atoms with Crippen LogP contribution in [0.4, 0.5) is 24.7 Å². The van der Waals surface area contributed by atoms with Crippen LogP contribution < -0.4 is 10.2 Å². The van der Waals surface area contributed by atoms with Gasteiger partial charge in [-0.05, 0) is 37.3 Å². The Balaban J connectivity index is 1.46. The van der Waals surface area contributed by atoms with Crippen molar-refractivity contribution in [2.24, 2.45) is 0 Å². The highest BCUT2D eigenvalue weighted by Gasteiger charge is 2.30. The lowest BCUT2D eigenvalue weighted by Crippen LogP contribution is -2.38. The predicted molar refractivity (Wildman–Crippen MR) is 127 cm³/mol. The summed E-state index contributed by atoms with van der Waals surface area (Å²) in [7, 11) is 0. The molecular formula is C25H23F3N6O3. The van der Waals surface area contributed by atoms with Gasteiger partial charge in [-0.3, -0.25) is 9.59 Å². The van der Waals surface area contributed by atoms with Gasteiger partial charge in [0.05, 0.1) is 46.2 Å². The molecule has 0 radical (unpaired) electrons. The van der Waals surface area contributed by atoms with Crippen LogP contribution in [0.2, 0.25) is 0 Å². The molecule has 12 heteroatoms. The lowest BCUT2D eigenvalue weighted by Gasteiger charge is -2.32. The number of nitriles is 1. The number of carbonyl (C=O) groups excluding carboxylic acids is 2. The second-order valence-corrected chi connectivity index (χ2v) is 8.56. The van der Waals surface area contributed by atoms with E-state index in [1.165, 1.54) is 42.2 Å². The van der Waals surface area contributed by atoms with E-state index >= 15 is 0 Å². The SMILES string of the molecule is CC(=O)OC1CCN(c2ncc(NC(=O)c3cnn(-c4ccc(C(F)(F)F)cc4)c3C)cc2C#N)CC1. The number of carbonyl (C=O) groups is 2. The number of benzene rings is 1. The molecule has 1 N–H and O–H groups in total. The molecule has 1 fully saturated rings. The monoisotopic (exact) mass is 512 g/mol. The second kappa shape index (κ2) is 10.3. The number of anilines is 2. The van der Waals surface area contributed by atoms with Crippen molar-refractivity contribution in [3.05, 3.63) is 65.1 Å². The van der Waals surface area contributed by atoms with Crippen molar-refractivity contribution in [3.63, 3.8) is 0 Å². The van der Waals surface area contributed by atoms with E-state index in [9.17, 15) is 28.0 Å². The molecule has 1 aliphatic heterocycles. The summed E-state index contributed by atoms with van der Waals surface area (Å²) in [6.07, 6.45) is -0.608. The van der Waals surface area contributed by atoms with Gasteiger partial charge in [0, 0.05) is 32.9 Å². The highest BCUT2D eigenvalue weighted by atomic mass is 19.4. The van der Waals surface area contributed by atoms with E-state index in [0.29, 0.717) is 48.8 Å². The Bertz CT molecular complexity index is 1350. The fourth-order valence-corrected chi connectivity index (χ4v) is 4.16. The molecule has 1 aliphatic rings. The Hall–Kier alpha value is -4.40. The van der Waals surface area contributed by atoms with E-state index in [1.807, 2.05) is 4.90 Å². The maximum atomic E-state index is 12.9. The molecule has 2 aromatic heterocycles. The van der Waals surface area contributed by atoms with Crippen LogP contribution >= 0.6 is 0 Å². The number of nitrogens with zero attached hydrogens (tertiary/aromatic N) is 5. The number of nitrogens with one attached hydrogen (secondary N) is 1. The topological polar surface area (TPSA) is 113 Å².